The van der Waals surface area contributed by atoms with Crippen molar-refractivity contribution < 1.29 is 10.2 Å². The molecule has 0 amide bonds. The van der Waals surface area contributed by atoms with Crippen LogP contribution in [0.1, 0.15) is 22.3 Å². The molecule has 2 nitrogen and oxygen atoms in total. The third-order valence-electron chi connectivity index (χ3n) is 4.10. The number of aryl methyl sites for hydroxylation is 2. The molecule has 0 aliphatic heterocycles. The van der Waals surface area contributed by atoms with Crippen molar-refractivity contribution in [3.8, 4) is 0 Å². The summed E-state index contributed by atoms with van der Waals surface area (Å²) in [5, 5.41) is 19.9. The van der Waals surface area contributed by atoms with Gasteiger partial charge in [0.1, 0.15) is 0 Å². The summed E-state index contributed by atoms with van der Waals surface area (Å²) in [6.45, 7) is 3.95. The molecule has 0 unspecified atom stereocenters. The van der Waals surface area contributed by atoms with E-state index < -0.39 is 5.41 Å². The van der Waals surface area contributed by atoms with Crippen molar-refractivity contribution in [2.45, 2.75) is 25.7 Å². The summed E-state index contributed by atoms with van der Waals surface area (Å²) in [5.41, 5.74) is 3.84. The van der Waals surface area contributed by atoms with Crippen LogP contribution in [-0.2, 0) is 11.8 Å². The maximum Gasteiger partial charge on any atom is 0.0553 e. The molecule has 0 aliphatic rings. The molecule has 0 atom stereocenters. The predicted molar refractivity (Wildman–Crippen MR) is 89.6 cm³/mol. The van der Waals surface area contributed by atoms with E-state index in [4.69, 9.17) is 0 Å². The van der Waals surface area contributed by atoms with Crippen LogP contribution in [0.3, 0.4) is 0 Å². The highest BCUT2D eigenvalue weighted by molar-refractivity contribution is 9.10. The molecule has 2 rings (SSSR count). The van der Waals surface area contributed by atoms with Gasteiger partial charge in [-0.15, -0.1) is 0 Å². The molecule has 3 heteroatoms. The summed E-state index contributed by atoms with van der Waals surface area (Å²) in [4.78, 5) is 0. The van der Waals surface area contributed by atoms with E-state index in [0.29, 0.717) is 6.42 Å². The SMILES string of the molecule is Cc1ccc(C)c(CC(CO)(CO)c2ccc(Br)cc2)c1. The second kappa shape index (κ2) is 6.73. The van der Waals surface area contributed by atoms with Gasteiger partial charge in [0.05, 0.1) is 13.2 Å². The quantitative estimate of drug-likeness (QED) is 0.867. The van der Waals surface area contributed by atoms with Crippen LogP contribution in [0.15, 0.2) is 46.9 Å². The molecule has 21 heavy (non-hydrogen) atoms. The van der Waals surface area contributed by atoms with E-state index in [2.05, 4.69) is 48.0 Å². The van der Waals surface area contributed by atoms with Crippen molar-refractivity contribution in [1.82, 2.24) is 0 Å². The Balaban J connectivity index is 2.42. The van der Waals surface area contributed by atoms with Gasteiger partial charge in [-0.3, -0.25) is 0 Å². The van der Waals surface area contributed by atoms with Gasteiger partial charge in [-0.1, -0.05) is 51.8 Å². The summed E-state index contributed by atoms with van der Waals surface area (Å²) in [6.07, 6.45) is 0.620. The van der Waals surface area contributed by atoms with Gasteiger partial charge in [0.25, 0.3) is 0 Å². The maximum absolute atomic E-state index is 9.95. The lowest BCUT2D eigenvalue weighted by Crippen LogP contribution is -2.37. The van der Waals surface area contributed by atoms with Gasteiger partial charge in [0.2, 0.25) is 0 Å². The molecule has 2 aromatic rings. The first-order valence-corrected chi connectivity index (χ1v) is 7.84. The van der Waals surface area contributed by atoms with E-state index >= 15 is 0 Å². The van der Waals surface area contributed by atoms with E-state index in [1.165, 1.54) is 16.7 Å². The monoisotopic (exact) mass is 348 g/mol. The molecular formula is C18H21BrO2. The zero-order chi connectivity index (χ0) is 15.5. The smallest absolute Gasteiger partial charge is 0.0553 e. The summed E-state index contributed by atoms with van der Waals surface area (Å²) in [7, 11) is 0. The summed E-state index contributed by atoms with van der Waals surface area (Å²) < 4.78 is 0.989. The van der Waals surface area contributed by atoms with Crippen molar-refractivity contribution in [1.29, 1.82) is 0 Å². The Morgan fingerprint density at radius 2 is 1.57 bits per heavy atom. The molecule has 0 spiro atoms. The van der Waals surface area contributed by atoms with E-state index in [1.54, 1.807) is 0 Å². The summed E-state index contributed by atoms with van der Waals surface area (Å²) in [5.74, 6) is 0. The third-order valence-corrected chi connectivity index (χ3v) is 4.62. The van der Waals surface area contributed by atoms with Crippen LogP contribution in [0, 0.1) is 13.8 Å². The molecule has 0 aromatic heterocycles. The minimum Gasteiger partial charge on any atom is -0.395 e. The highest BCUT2D eigenvalue weighted by atomic mass is 79.9. The second-order valence-corrected chi connectivity index (χ2v) is 6.63. The topological polar surface area (TPSA) is 40.5 Å². The number of hydrogen-bond acceptors (Lipinski definition) is 2. The van der Waals surface area contributed by atoms with Gasteiger partial charge < -0.3 is 10.2 Å². The molecule has 2 N–H and O–H groups in total. The van der Waals surface area contributed by atoms with Gasteiger partial charge in [-0.2, -0.15) is 0 Å². The number of benzene rings is 2. The van der Waals surface area contributed by atoms with Gasteiger partial charge in [0, 0.05) is 9.89 Å². The molecule has 0 heterocycles. The minimum absolute atomic E-state index is 0.0848. The normalized spacial score (nSPS) is 11.7. The fourth-order valence-corrected chi connectivity index (χ4v) is 2.87. The average molecular weight is 349 g/mol. The fraction of sp³-hybridized carbons (Fsp3) is 0.333. The average Bonchev–Trinajstić information content (AvgIpc) is 2.49. The van der Waals surface area contributed by atoms with Crippen LogP contribution < -0.4 is 0 Å². The maximum atomic E-state index is 9.95. The largest absolute Gasteiger partial charge is 0.395 e. The Morgan fingerprint density at radius 3 is 2.14 bits per heavy atom. The van der Waals surface area contributed by atoms with Crippen molar-refractivity contribution in [2.24, 2.45) is 0 Å². The van der Waals surface area contributed by atoms with E-state index in [9.17, 15) is 10.2 Å². The molecule has 2 aromatic carbocycles. The van der Waals surface area contributed by atoms with E-state index in [1.807, 2.05) is 24.3 Å². The number of hydrogen-bond donors (Lipinski definition) is 2. The second-order valence-electron chi connectivity index (χ2n) is 5.71. The highest BCUT2D eigenvalue weighted by Gasteiger charge is 2.31. The molecule has 0 radical (unpaired) electrons. The Kier molecular flexibility index (Phi) is 5.20. The van der Waals surface area contributed by atoms with E-state index in [-0.39, 0.29) is 13.2 Å². The molecule has 0 saturated heterocycles. The number of aliphatic hydroxyl groups is 2. The minimum atomic E-state index is -0.654. The van der Waals surface area contributed by atoms with E-state index in [0.717, 1.165) is 10.0 Å². The lowest BCUT2D eigenvalue weighted by molar-refractivity contribution is 0.116. The molecule has 112 valence electrons. The van der Waals surface area contributed by atoms with Gasteiger partial charge in [-0.25, -0.2) is 0 Å². The molecular weight excluding hydrogens is 328 g/mol. The standard InChI is InChI=1S/C18H21BrO2/c1-13-3-4-14(2)15(9-13)10-18(11-20,12-21)16-5-7-17(19)8-6-16/h3-9,20-21H,10-12H2,1-2H3. The Bertz CT molecular complexity index is 601. The van der Waals surface area contributed by atoms with Crippen LogP contribution in [-0.4, -0.2) is 23.4 Å². The number of rotatable bonds is 5. The van der Waals surface area contributed by atoms with Crippen LogP contribution in [0.2, 0.25) is 0 Å². The lowest BCUT2D eigenvalue weighted by Gasteiger charge is -2.31. The zero-order valence-electron chi connectivity index (χ0n) is 12.4. The summed E-state index contributed by atoms with van der Waals surface area (Å²) >= 11 is 3.42. The van der Waals surface area contributed by atoms with Crippen molar-refractivity contribution >= 4 is 15.9 Å². The summed E-state index contributed by atoms with van der Waals surface area (Å²) in [6, 6.07) is 14.1. The lowest BCUT2D eigenvalue weighted by atomic mass is 9.76. The Hall–Kier alpha value is -1.16. The fourth-order valence-electron chi connectivity index (χ4n) is 2.61. The first-order chi connectivity index (χ1) is 10.0. The van der Waals surface area contributed by atoms with Gasteiger partial charge in [0.15, 0.2) is 0 Å². The van der Waals surface area contributed by atoms with Crippen LogP contribution in [0.5, 0.6) is 0 Å². The van der Waals surface area contributed by atoms with Crippen molar-refractivity contribution in [3.05, 3.63) is 69.2 Å². The number of aliphatic hydroxyl groups excluding tert-OH is 2. The van der Waals surface area contributed by atoms with Crippen molar-refractivity contribution in [2.75, 3.05) is 13.2 Å². The first-order valence-electron chi connectivity index (χ1n) is 7.05. The molecule has 0 aliphatic carbocycles. The van der Waals surface area contributed by atoms with Crippen LogP contribution >= 0.6 is 15.9 Å². The van der Waals surface area contributed by atoms with Crippen LogP contribution in [0.4, 0.5) is 0 Å². The van der Waals surface area contributed by atoms with Crippen LogP contribution in [0.25, 0.3) is 0 Å². The molecule has 0 bridgehead atoms. The molecule has 0 fully saturated rings. The Labute approximate surface area is 134 Å². The van der Waals surface area contributed by atoms with Crippen molar-refractivity contribution in [3.63, 3.8) is 0 Å². The molecule has 0 saturated carbocycles. The first kappa shape index (κ1) is 16.2. The highest BCUT2D eigenvalue weighted by Crippen LogP contribution is 2.30. The Morgan fingerprint density at radius 1 is 0.952 bits per heavy atom. The predicted octanol–water partition coefficient (Wildman–Crippen LogP) is 3.53. The third kappa shape index (κ3) is 3.54. The zero-order valence-corrected chi connectivity index (χ0v) is 14.0. The number of halogens is 1. The van der Waals surface area contributed by atoms with Gasteiger partial charge in [-0.05, 0) is 49.1 Å². The van der Waals surface area contributed by atoms with Gasteiger partial charge >= 0.3 is 0 Å².